The van der Waals surface area contributed by atoms with Crippen molar-refractivity contribution < 1.29 is 4.79 Å². The summed E-state index contributed by atoms with van der Waals surface area (Å²) < 4.78 is 3.82. The van der Waals surface area contributed by atoms with E-state index in [4.69, 9.17) is 0 Å². The average Bonchev–Trinajstić information content (AvgIpc) is 2.95. The predicted molar refractivity (Wildman–Crippen MR) is 84.2 cm³/mol. The Kier molecular flexibility index (Phi) is 4.03. The van der Waals surface area contributed by atoms with Gasteiger partial charge in [0.05, 0.1) is 6.33 Å². The van der Waals surface area contributed by atoms with Crippen LogP contribution in [0.4, 0.5) is 0 Å². The van der Waals surface area contributed by atoms with E-state index in [1.54, 1.807) is 7.05 Å². The minimum absolute atomic E-state index is 0.00781. The number of aromatic nitrogens is 4. The van der Waals surface area contributed by atoms with Gasteiger partial charge in [0.1, 0.15) is 6.54 Å². The molecule has 0 aromatic carbocycles. The molecule has 1 aliphatic heterocycles. The number of carbonyl (C=O) groups excluding carboxylic acids is 1. The Morgan fingerprint density at radius 1 is 1.30 bits per heavy atom. The van der Waals surface area contributed by atoms with Gasteiger partial charge in [0, 0.05) is 20.1 Å². The summed E-state index contributed by atoms with van der Waals surface area (Å²) in [4.78, 5) is 40.5. The average molecular weight is 320 g/mol. The zero-order valence-electron chi connectivity index (χ0n) is 13.2. The summed E-state index contributed by atoms with van der Waals surface area (Å²) in [6.07, 6.45) is 3.22. The van der Waals surface area contributed by atoms with Gasteiger partial charge in [0.2, 0.25) is 5.91 Å². The smallest absolute Gasteiger partial charge is 0.332 e. The third kappa shape index (κ3) is 2.79. The van der Waals surface area contributed by atoms with Crippen molar-refractivity contribution in [2.75, 3.05) is 13.1 Å². The Bertz CT molecular complexity index is 856. The van der Waals surface area contributed by atoms with Crippen molar-refractivity contribution >= 4 is 17.1 Å². The van der Waals surface area contributed by atoms with Gasteiger partial charge in [-0.2, -0.15) is 0 Å². The summed E-state index contributed by atoms with van der Waals surface area (Å²) in [5.74, 6) is -0.160. The fourth-order valence-electron chi connectivity index (χ4n) is 2.91. The molecule has 23 heavy (non-hydrogen) atoms. The molecule has 0 bridgehead atoms. The number of nitrogens with one attached hydrogen (secondary N) is 2. The van der Waals surface area contributed by atoms with E-state index >= 15 is 0 Å². The van der Waals surface area contributed by atoms with Gasteiger partial charge in [0.15, 0.2) is 11.2 Å². The van der Waals surface area contributed by atoms with Crippen LogP contribution in [-0.4, -0.2) is 43.7 Å². The lowest BCUT2D eigenvalue weighted by molar-refractivity contribution is -0.122. The van der Waals surface area contributed by atoms with Crippen molar-refractivity contribution in [1.82, 2.24) is 29.3 Å². The highest BCUT2D eigenvalue weighted by Crippen LogP contribution is 2.06. The first-order valence-corrected chi connectivity index (χ1v) is 7.60. The number of nitrogens with zero attached hydrogens (tertiary/aromatic N) is 4. The molecule has 2 N–H and O–H groups in total. The van der Waals surface area contributed by atoms with Crippen LogP contribution in [0.3, 0.4) is 0 Å². The third-order valence-corrected chi connectivity index (χ3v) is 4.24. The molecule has 0 radical (unpaired) electrons. The molecule has 0 spiro atoms. The van der Waals surface area contributed by atoms with Crippen molar-refractivity contribution in [3.05, 3.63) is 27.2 Å². The molecule has 2 aromatic heterocycles. The van der Waals surface area contributed by atoms with Crippen molar-refractivity contribution in [3.8, 4) is 0 Å². The lowest BCUT2D eigenvalue weighted by atomic mass is 10.1. The van der Waals surface area contributed by atoms with E-state index in [0.29, 0.717) is 0 Å². The van der Waals surface area contributed by atoms with E-state index in [2.05, 4.69) is 15.6 Å². The maximum Gasteiger partial charge on any atom is 0.332 e. The van der Waals surface area contributed by atoms with Crippen molar-refractivity contribution in [2.45, 2.75) is 25.4 Å². The third-order valence-electron chi connectivity index (χ3n) is 4.24. The highest BCUT2D eigenvalue weighted by atomic mass is 16.2. The minimum atomic E-state index is -0.449. The molecule has 3 heterocycles. The van der Waals surface area contributed by atoms with E-state index in [1.165, 1.54) is 22.5 Å². The highest BCUT2D eigenvalue weighted by Gasteiger charge is 2.18. The second kappa shape index (κ2) is 5.99. The van der Waals surface area contributed by atoms with Gasteiger partial charge in [-0.25, -0.2) is 9.78 Å². The fraction of sp³-hybridized carbons (Fsp3) is 0.571. The van der Waals surface area contributed by atoms with Gasteiger partial charge < -0.3 is 15.2 Å². The second-order valence-electron chi connectivity index (χ2n) is 5.84. The van der Waals surface area contributed by atoms with Gasteiger partial charge >= 0.3 is 5.69 Å². The number of imidazole rings is 1. The Balaban J connectivity index is 1.87. The van der Waals surface area contributed by atoms with Crippen molar-refractivity contribution in [3.63, 3.8) is 0 Å². The van der Waals surface area contributed by atoms with Crippen LogP contribution in [0.15, 0.2) is 15.9 Å². The molecule has 3 rings (SSSR count). The van der Waals surface area contributed by atoms with E-state index < -0.39 is 11.2 Å². The van der Waals surface area contributed by atoms with Gasteiger partial charge in [-0.3, -0.25) is 18.7 Å². The topological polar surface area (TPSA) is 103 Å². The Labute approximate surface area is 131 Å². The van der Waals surface area contributed by atoms with Crippen LogP contribution < -0.4 is 21.9 Å². The zero-order chi connectivity index (χ0) is 16.6. The van der Waals surface area contributed by atoms with Gasteiger partial charge in [-0.1, -0.05) is 0 Å². The number of fused-ring (bicyclic) bond motifs is 1. The van der Waals surface area contributed by atoms with E-state index in [-0.39, 0.29) is 29.7 Å². The summed E-state index contributed by atoms with van der Waals surface area (Å²) in [6, 6.07) is 0.158. The number of aryl methyl sites for hydroxylation is 1. The van der Waals surface area contributed by atoms with Crippen LogP contribution >= 0.6 is 0 Å². The number of carbonyl (C=O) groups is 1. The van der Waals surface area contributed by atoms with Gasteiger partial charge in [0.25, 0.3) is 5.56 Å². The summed E-state index contributed by atoms with van der Waals surface area (Å²) >= 11 is 0. The number of rotatable bonds is 3. The molecule has 1 amide bonds. The number of piperidine rings is 1. The highest BCUT2D eigenvalue weighted by molar-refractivity contribution is 5.79. The maximum absolute atomic E-state index is 12.3. The van der Waals surface area contributed by atoms with E-state index in [9.17, 15) is 14.4 Å². The van der Waals surface area contributed by atoms with E-state index in [0.717, 1.165) is 30.5 Å². The first kappa shape index (κ1) is 15.5. The monoisotopic (exact) mass is 320 g/mol. The lowest BCUT2D eigenvalue weighted by Crippen LogP contribution is -2.44. The molecular weight excluding hydrogens is 300 g/mol. The SMILES string of the molecule is Cn1c(=O)c2c(ncn2CC(=O)NC2CCNCC2)n(C)c1=O. The summed E-state index contributed by atoms with van der Waals surface area (Å²) in [5, 5.41) is 6.22. The predicted octanol–water partition coefficient (Wildman–Crippen LogP) is -1.70. The van der Waals surface area contributed by atoms with Crippen LogP contribution in [0, 0.1) is 0 Å². The standard InChI is InChI=1S/C14H20N6O3/c1-18-12-11(13(22)19(2)14(18)23)20(8-16-12)7-10(21)17-9-3-5-15-6-4-9/h8-9,15H,3-7H2,1-2H3,(H,17,21). The summed E-state index contributed by atoms with van der Waals surface area (Å²) in [6.45, 7) is 1.79. The number of hydrogen-bond acceptors (Lipinski definition) is 5. The van der Waals surface area contributed by atoms with E-state index in [1.807, 2.05) is 0 Å². The van der Waals surface area contributed by atoms with Crippen LogP contribution in [-0.2, 0) is 25.4 Å². The summed E-state index contributed by atoms with van der Waals surface area (Å²) in [7, 11) is 2.97. The molecule has 1 saturated heterocycles. The molecular formula is C14H20N6O3. The van der Waals surface area contributed by atoms with Crippen LogP contribution in [0.1, 0.15) is 12.8 Å². The molecule has 1 fully saturated rings. The fourth-order valence-corrected chi connectivity index (χ4v) is 2.91. The zero-order valence-corrected chi connectivity index (χ0v) is 13.2. The normalized spacial score (nSPS) is 15.9. The first-order valence-electron chi connectivity index (χ1n) is 7.60. The molecule has 1 aliphatic rings. The Morgan fingerprint density at radius 3 is 2.70 bits per heavy atom. The Morgan fingerprint density at radius 2 is 2.00 bits per heavy atom. The van der Waals surface area contributed by atoms with Gasteiger partial charge in [-0.15, -0.1) is 0 Å². The molecule has 2 aromatic rings. The molecule has 9 nitrogen and oxygen atoms in total. The molecule has 0 atom stereocenters. The van der Waals surface area contributed by atoms with Crippen molar-refractivity contribution in [2.24, 2.45) is 14.1 Å². The number of hydrogen-bond donors (Lipinski definition) is 2. The molecule has 0 saturated carbocycles. The van der Waals surface area contributed by atoms with Crippen LogP contribution in [0.25, 0.3) is 11.2 Å². The minimum Gasteiger partial charge on any atom is -0.352 e. The largest absolute Gasteiger partial charge is 0.352 e. The first-order chi connectivity index (χ1) is 11.0. The second-order valence-corrected chi connectivity index (χ2v) is 5.84. The Hall–Kier alpha value is -2.42. The molecule has 0 aliphatic carbocycles. The maximum atomic E-state index is 12.3. The van der Waals surface area contributed by atoms with Gasteiger partial charge in [-0.05, 0) is 25.9 Å². The quantitative estimate of drug-likeness (QED) is 0.702. The number of amides is 1. The molecule has 124 valence electrons. The molecule has 0 unspecified atom stereocenters. The van der Waals surface area contributed by atoms with Crippen LogP contribution in [0.2, 0.25) is 0 Å². The summed E-state index contributed by atoms with van der Waals surface area (Å²) in [5.41, 5.74) is -0.343. The van der Waals surface area contributed by atoms with Crippen LogP contribution in [0.5, 0.6) is 0 Å². The van der Waals surface area contributed by atoms with Crippen molar-refractivity contribution in [1.29, 1.82) is 0 Å². The molecule has 9 heteroatoms. The lowest BCUT2D eigenvalue weighted by Gasteiger charge is -2.23.